The van der Waals surface area contributed by atoms with E-state index in [9.17, 15) is 9.59 Å². The Labute approximate surface area is 198 Å². The van der Waals surface area contributed by atoms with Crippen molar-refractivity contribution < 1.29 is 4.79 Å². The van der Waals surface area contributed by atoms with E-state index in [1.54, 1.807) is 4.68 Å². The maximum absolute atomic E-state index is 13.8. The van der Waals surface area contributed by atoms with Crippen LogP contribution in [0.3, 0.4) is 0 Å². The van der Waals surface area contributed by atoms with Crippen molar-refractivity contribution in [1.82, 2.24) is 15.2 Å². The van der Waals surface area contributed by atoms with Crippen molar-refractivity contribution in [2.24, 2.45) is 5.92 Å². The summed E-state index contributed by atoms with van der Waals surface area (Å²) in [7, 11) is 0. The number of hydrogen-bond donors (Lipinski definition) is 2. The van der Waals surface area contributed by atoms with E-state index >= 15 is 0 Å². The monoisotopic (exact) mass is 452 g/mol. The molecule has 0 saturated carbocycles. The SMILES string of the molecule is Cc1[nH]n(-c2ccccc2)c(=O)c1C(c1ccccc1)C1C(C)NN(c2ccccc2)C1C=O. The molecule has 0 bridgehead atoms. The number of hydrazine groups is 1. The number of aromatic nitrogens is 2. The first-order valence-electron chi connectivity index (χ1n) is 11.6. The van der Waals surface area contributed by atoms with Gasteiger partial charge in [0.2, 0.25) is 0 Å². The van der Waals surface area contributed by atoms with E-state index in [4.69, 9.17) is 0 Å². The Morgan fingerprint density at radius 1 is 0.853 bits per heavy atom. The number of aldehydes is 1. The molecule has 3 aromatic carbocycles. The molecule has 6 nitrogen and oxygen atoms in total. The van der Waals surface area contributed by atoms with E-state index in [-0.39, 0.29) is 23.4 Å². The molecule has 0 spiro atoms. The molecule has 1 fully saturated rings. The zero-order valence-corrected chi connectivity index (χ0v) is 19.3. The number of carbonyl (C=O) groups is 1. The second-order valence-electron chi connectivity index (χ2n) is 8.84. The molecule has 4 aromatic rings. The minimum atomic E-state index is -0.443. The van der Waals surface area contributed by atoms with Crippen LogP contribution in [0, 0.1) is 12.8 Å². The van der Waals surface area contributed by atoms with E-state index in [0.29, 0.717) is 5.56 Å². The lowest BCUT2D eigenvalue weighted by Gasteiger charge is -2.30. The number of rotatable bonds is 6. The number of H-pyrrole nitrogens is 1. The molecule has 1 saturated heterocycles. The Morgan fingerprint density at radius 2 is 1.41 bits per heavy atom. The van der Waals surface area contributed by atoms with Crippen LogP contribution < -0.4 is 16.0 Å². The fourth-order valence-electron chi connectivity index (χ4n) is 5.26. The van der Waals surface area contributed by atoms with Crippen molar-refractivity contribution in [3.05, 3.63) is 118 Å². The molecular weight excluding hydrogens is 424 g/mol. The quantitative estimate of drug-likeness (QED) is 0.430. The Kier molecular flexibility index (Phi) is 5.90. The maximum atomic E-state index is 13.8. The van der Waals surface area contributed by atoms with Crippen LogP contribution in [0.25, 0.3) is 5.69 Å². The molecule has 172 valence electrons. The first-order chi connectivity index (χ1) is 16.6. The van der Waals surface area contributed by atoms with Gasteiger partial charge < -0.3 is 4.79 Å². The van der Waals surface area contributed by atoms with Gasteiger partial charge >= 0.3 is 0 Å². The third kappa shape index (κ3) is 3.76. The minimum absolute atomic E-state index is 0.0421. The summed E-state index contributed by atoms with van der Waals surface area (Å²) in [6, 6.07) is 29.0. The summed E-state index contributed by atoms with van der Waals surface area (Å²) >= 11 is 0. The van der Waals surface area contributed by atoms with Crippen LogP contribution in [-0.4, -0.2) is 28.2 Å². The third-order valence-electron chi connectivity index (χ3n) is 6.77. The van der Waals surface area contributed by atoms with Gasteiger partial charge in [0.05, 0.1) is 11.4 Å². The lowest BCUT2D eigenvalue weighted by Crippen LogP contribution is -2.41. The van der Waals surface area contributed by atoms with Gasteiger partial charge in [-0.25, -0.2) is 10.1 Å². The molecular formula is C28H28N4O2. The number of benzene rings is 3. The number of anilines is 1. The number of hydrogen-bond acceptors (Lipinski definition) is 4. The number of nitrogens with zero attached hydrogens (tertiary/aromatic N) is 2. The first-order valence-corrected chi connectivity index (χ1v) is 11.6. The molecule has 2 heterocycles. The largest absolute Gasteiger partial charge is 0.301 e. The van der Waals surface area contributed by atoms with Crippen LogP contribution in [0.1, 0.15) is 29.7 Å². The average molecular weight is 453 g/mol. The summed E-state index contributed by atoms with van der Waals surface area (Å²) in [5, 5.41) is 5.22. The molecule has 0 aliphatic carbocycles. The highest BCUT2D eigenvalue weighted by Crippen LogP contribution is 2.41. The van der Waals surface area contributed by atoms with Crippen molar-refractivity contribution in [1.29, 1.82) is 0 Å². The van der Waals surface area contributed by atoms with Gasteiger partial charge in [-0.05, 0) is 43.7 Å². The Morgan fingerprint density at radius 3 is 2.00 bits per heavy atom. The summed E-state index contributed by atoms with van der Waals surface area (Å²) in [4.78, 5) is 26.4. The predicted octanol–water partition coefficient (Wildman–Crippen LogP) is 4.20. The zero-order chi connectivity index (χ0) is 23.7. The molecule has 4 unspecified atom stereocenters. The molecule has 4 atom stereocenters. The van der Waals surface area contributed by atoms with Crippen molar-refractivity contribution >= 4 is 12.0 Å². The molecule has 0 amide bonds. The van der Waals surface area contributed by atoms with Crippen LogP contribution >= 0.6 is 0 Å². The number of aryl methyl sites for hydroxylation is 1. The standard InChI is InChI=1S/C28H28N4O2/c1-19-25(24(18-33)31(29-19)22-14-8-4-9-15-22)27(21-12-6-3-7-13-21)26-20(2)30-32(28(26)34)23-16-10-5-11-17-23/h3-19,24-25,27,29-30H,1-2H3. The normalized spacial score (nSPS) is 20.9. The smallest absolute Gasteiger partial charge is 0.275 e. The van der Waals surface area contributed by atoms with Crippen LogP contribution in [0.5, 0.6) is 0 Å². The van der Waals surface area contributed by atoms with Gasteiger partial charge in [-0.3, -0.25) is 14.9 Å². The molecule has 5 rings (SSSR count). The lowest BCUT2D eigenvalue weighted by atomic mass is 9.75. The van der Waals surface area contributed by atoms with Gasteiger partial charge in [-0.2, -0.15) is 0 Å². The highest BCUT2D eigenvalue weighted by atomic mass is 16.1. The van der Waals surface area contributed by atoms with Crippen molar-refractivity contribution in [3.63, 3.8) is 0 Å². The Hall–Kier alpha value is -3.90. The fraction of sp³-hybridized carbons (Fsp3) is 0.214. The van der Waals surface area contributed by atoms with Crippen molar-refractivity contribution in [2.45, 2.75) is 31.8 Å². The number of para-hydroxylation sites is 2. The number of aromatic amines is 1. The van der Waals surface area contributed by atoms with E-state index in [1.807, 2.05) is 103 Å². The van der Waals surface area contributed by atoms with E-state index in [1.165, 1.54) is 0 Å². The minimum Gasteiger partial charge on any atom is -0.301 e. The second kappa shape index (κ2) is 9.15. The summed E-state index contributed by atoms with van der Waals surface area (Å²) in [5.41, 5.74) is 7.63. The fourth-order valence-corrected chi connectivity index (χ4v) is 5.26. The average Bonchev–Trinajstić information content (AvgIpc) is 3.37. The molecule has 1 aliphatic rings. The highest BCUT2D eigenvalue weighted by molar-refractivity contribution is 5.68. The van der Waals surface area contributed by atoms with Crippen LogP contribution in [0.2, 0.25) is 0 Å². The topological polar surface area (TPSA) is 70.1 Å². The predicted molar refractivity (Wildman–Crippen MR) is 134 cm³/mol. The van der Waals surface area contributed by atoms with Crippen molar-refractivity contribution in [3.8, 4) is 5.69 Å². The summed E-state index contributed by atoms with van der Waals surface area (Å²) < 4.78 is 1.60. The van der Waals surface area contributed by atoms with Gasteiger partial charge in [0.15, 0.2) is 0 Å². The first kappa shape index (κ1) is 21.9. The number of carbonyl (C=O) groups excluding carboxylic acids is 1. The second-order valence-corrected chi connectivity index (χ2v) is 8.84. The molecule has 1 aromatic heterocycles. The molecule has 2 N–H and O–H groups in total. The van der Waals surface area contributed by atoms with Gasteiger partial charge in [0, 0.05) is 29.1 Å². The Bertz CT molecular complexity index is 1320. The van der Waals surface area contributed by atoms with E-state index in [0.717, 1.165) is 28.9 Å². The van der Waals surface area contributed by atoms with Crippen LogP contribution in [-0.2, 0) is 4.79 Å². The summed E-state index contributed by atoms with van der Waals surface area (Å²) in [5.74, 6) is -0.437. The van der Waals surface area contributed by atoms with Crippen LogP contribution in [0.4, 0.5) is 5.69 Å². The zero-order valence-electron chi connectivity index (χ0n) is 19.3. The summed E-state index contributed by atoms with van der Waals surface area (Å²) in [6.45, 7) is 4.02. The maximum Gasteiger partial charge on any atom is 0.275 e. The molecule has 6 heteroatoms. The van der Waals surface area contributed by atoms with Gasteiger partial charge in [-0.15, -0.1) is 0 Å². The molecule has 0 radical (unpaired) electrons. The van der Waals surface area contributed by atoms with Gasteiger partial charge in [0.1, 0.15) is 12.3 Å². The van der Waals surface area contributed by atoms with Gasteiger partial charge in [-0.1, -0.05) is 66.7 Å². The van der Waals surface area contributed by atoms with Gasteiger partial charge in [0.25, 0.3) is 5.56 Å². The molecule has 34 heavy (non-hydrogen) atoms. The lowest BCUT2D eigenvalue weighted by molar-refractivity contribution is -0.109. The van der Waals surface area contributed by atoms with E-state index < -0.39 is 6.04 Å². The van der Waals surface area contributed by atoms with Crippen LogP contribution in [0.15, 0.2) is 95.8 Å². The highest BCUT2D eigenvalue weighted by Gasteiger charge is 2.46. The summed E-state index contributed by atoms with van der Waals surface area (Å²) in [6.07, 6.45) is 1.00. The Balaban J connectivity index is 1.66. The van der Waals surface area contributed by atoms with E-state index in [2.05, 4.69) is 17.4 Å². The molecule has 1 aliphatic heterocycles. The third-order valence-corrected chi connectivity index (χ3v) is 6.77. The van der Waals surface area contributed by atoms with Crippen molar-refractivity contribution in [2.75, 3.05) is 5.01 Å². The number of nitrogens with one attached hydrogen (secondary N) is 2.